The first-order chi connectivity index (χ1) is 6.74. The van der Waals surface area contributed by atoms with E-state index in [0.29, 0.717) is 0 Å². The fraction of sp³-hybridized carbons (Fsp3) is 0.200. The number of carbonyl (C=O) groups is 1. The van der Waals surface area contributed by atoms with Crippen LogP contribution in [0.4, 0.5) is 10.5 Å². The van der Waals surface area contributed by atoms with Crippen LogP contribution < -0.4 is 10.7 Å². The van der Waals surface area contributed by atoms with Gasteiger partial charge in [-0.25, -0.2) is 10.2 Å². The molecule has 0 saturated heterocycles. The summed E-state index contributed by atoms with van der Waals surface area (Å²) in [7, 11) is 0. The summed E-state index contributed by atoms with van der Waals surface area (Å²) in [6.45, 7) is 3.66. The summed E-state index contributed by atoms with van der Waals surface area (Å²) >= 11 is 0. The number of carbonyl (C=O) groups excluding carboxylic acids is 1. The summed E-state index contributed by atoms with van der Waals surface area (Å²) in [4.78, 5) is 11.2. The lowest BCUT2D eigenvalue weighted by Gasteiger charge is -2.06. The van der Waals surface area contributed by atoms with Crippen LogP contribution in [0.3, 0.4) is 0 Å². The van der Waals surface area contributed by atoms with Crippen molar-refractivity contribution < 1.29 is 4.79 Å². The van der Waals surface area contributed by atoms with Gasteiger partial charge in [0.25, 0.3) is 0 Å². The van der Waals surface area contributed by atoms with Crippen molar-refractivity contribution in [3.8, 4) is 0 Å². The van der Waals surface area contributed by atoms with Crippen LogP contribution in [0.1, 0.15) is 12.5 Å². The maximum Gasteiger partial charge on any atom is 0.339 e. The smallest absolute Gasteiger partial charge is 0.306 e. The number of hydrazone groups is 1. The quantitative estimate of drug-likeness (QED) is 0.546. The minimum absolute atomic E-state index is 0.336. The highest BCUT2D eigenvalue weighted by Crippen LogP contribution is 2.12. The molecule has 1 aromatic rings. The number of anilines is 1. The Bertz CT molecular complexity index is 347. The molecule has 0 heterocycles. The molecule has 0 spiro atoms. The molecule has 0 aliphatic rings. The third kappa shape index (κ3) is 2.90. The molecule has 0 atom stereocenters. The van der Waals surface area contributed by atoms with Gasteiger partial charge in [-0.1, -0.05) is 18.2 Å². The highest BCUT2D eigenvalue weighted by atomic mass is 16.2. The van der Waals surface area contributed by atoms with Gasteiger partial charge in [0.1, 0.15) is 0 Å². The van der Waals surface area contributed by atoms with Gasteiger partial charge in [-0.2, -0.15) is 5.10 Å². The lowest BCUT2D eigenvalue weighted by molar-refractivity contribution is 0.252. The van der Waals surface area contributed by atoms with E-state index < -0.39 is 0 Å². The van der Waals surface area contributed by atoms with Crippen LogP contribution in [0.25, 0.3) is 0 Å². The molecule has 0 fully saturated rings. The third-order valence-electron chi connectivity index (χ3n) is 1.69. The van der Waals surface area contributed by atoms with Crippen LogP contribution in [-0.2, 0) is 0 Å². The number of aryl methyl sites for hydroxylation is 1. The van der Waals surface area contributed by atoms with Gasteiger partial charge < -0.3 is 5.32 Å². The Labute approximate surface area is 83.0 Å². The number of hydrogen-bond acceptors (Lipinski definition) is 2. The summed E-state index contributed by atoms with van der Waals surface area (Å²) < 4.78 is 0. The number of para-hydroxylation sites is 1. The second-order valence-electron chi connectivity index (χ2n) is 2.77. The monoisotopic (exact) mass is 191 g/mol. The molecule has 14 heavy (non-hydrogen) atoms. The topological polar surface area (TPSA) is 53.5 Å². The Morgan fingerprint density at radius 3 is 2.79 bits per heavy atom. The van der Waals surface area contributed by atoms with Crippen LogP contribution in [-0.4, -0.2) is 12.2 Å². The number of hydrogen-bond donors (Lipinski definition) is 2. The summed E-state index contributed by atoms with van der Waals surface area (Å²) in [5, 5.41) is 6.29. The number of nitrogens with one attached hydrogen (secondary N) is 2. The molecule has 4 heteroatoms. The zero-order chi connectivity index (χ0) is 10.4. The van der Waals surface area contributed by atoms with E-state index in [1.165, 1.54) is 6.21 Å². The van der Waals surface area contributed by atoms with E-state index in [0.717, 1.165) is 11.3 Å². The molecule has 0 aliphatic heterocycles. The van der Waals surface area contributed by atoms with Crippen molar-refractivity contribution in [2.24, 2.45) is 5.10 Å². The molecule has 2 amide bonds. The van der Waals surface area contributed by atoms with Crippen molar-refractivity contribution in [3.63, 3.8) is 0 Å². The Morgan fingerprint density at radius 1 is 1.43 bits per heavy atom. The average molecular weight is 191 g/mol. The number of nitrogens with zero attached hydrogens (tertiary/aromatic N) is 1. The zero-order valence-electron chi connectivity index (χ0n) is 8.24. The van der Waals surface area contributed by atoms with E-state index >= 15 is 0 Å². The van der Waals surface area contributed by atoms with Crippen molar-refractivity contribution in [2.45, 2.75) is 13.8 Å². The molecule has 0 aliphatic carbocycles. The molecule has 1 rings (SSSR count). The predicted molar refractivity (Wildman–Crippen MR) is 57.5 cm³/mol. The molecule has 0 aromatic heterocycles. The first-order valence-electron chi connectivity index (χ1n) is 4.34. The molecule has 0 bridgehead atoms. The van der Waals surface area contributed by atoms with E-state index in [2.05, 4.69) is 15.8 Å². The molecule has 0 radical (unpaired) electrons. The average Bonchev–Trinajstić information content (AvgIpc) is 2.18. The summed E-state index contributed by atoms with van der Waals surface area (Å²) in [5.41, 5.74) is 4.13. The Hall–Kier alpha value is -1.84. The maximum absolute atomic E-state index is 11.2. The minimum Gasteiger partial charge on any atom is -0.306 e. The first kappa shape index (κ1) is 10.2. The Kier molecular flexibility index (Phi) is 3.67. The van der Waals surface area contributed by atoms with Crippen molar-refractivity contribution in [3.05, 3.63) is 29.8 Å². The van der Waals surface area contributed by atoms with Gasteiger partial charge in [0.05, 0.1) is 0 Å². The van der Waals surface area contributed by atoms with Crippen LogP contribution in [0.15, 0.2) is 29.4 Å². The van der Waals surface area contributed by atoms with Crippen LogP contribution in [0.5, 0.6) is 0 Å². The van der Waals surface area contributed by atoms with Crippen molar-refractivity contribution in [1.82, 2.24) is 5.43 Å². The largest absolute Gasteiger partial charge is 0.339 e. The molecule has 2 N–H and O–H groups in total. The Balaban J connectivity index is 2.60. The van der Waals surface area contributed by atoms with E-state index in [1.807, 2.05) is 31.2 Å². The number of amides is 2. The van der Waals surface area contributed by atoms with E-state index in [4.69, 9.17) is 0 Å². The van der Waals surface area contributed by atoms with E-state index in [-0.39, 0.29) is 6.03 Å². The molecular weight excluding hydrogens is 178 g/mol. The van der Waals surface area contributed by atoms with E-state index in [1.54, 1.807) is 6.92 Å². The lowest BCUT2D eigenvalue weighted by Crippen LogP contribution is -2.24. The van der Waals surface area contributed by atoms with Gasteiger partial charge in [0.2, 0.25) is 0 Å². The molecule has 1 aromatic carbocycles. The summed E-state index contributed by atoms with van der Waals surface area (Å²) in [5.74, 6) is 0. The highest BCUT2D eigenvalue weighted by molar-refractivity contribution is 5.90. The number of urea groups is 1. The molecule has 4 nitrogen and oxygen atoms in total. The minimum atomic E-state index is -0.336. The van der Waals surface area contributed by atoms with E-state index in [9.17, 15) is 4.79 Å². The highest BCUT2D eigenvalue weighted by Gasteiger charge is 2.00. The van der Waals surface area contributed by atoms with Gasteiger partial charge in [-0.05, 0) is 25.5 Å². The zero-order valence-corrected chi connectivity index (χ0v) is 8.24. The fourth-order valence-corrected chi connectivity index (χ4v) is 0.987. The first-order valence-corrected chi connectivity index (χ1v) is 4.34. The van der Waals surface area contributed by atoms with Crippen molar-refractivity contribution in [1.29, 1.82) is 0 Å². The lowest BCUT2D eigenvalue weighted by atomic mass is 10.2. The van der Waals surface area contributed by atoms with Gasteiger partial charge in [-0.15, -0.1) is 0 Å². The predicted octanol–water partition coefficient (Wildman–Crippen LogP) is 2.12. The second kappa shape index (κ2) is 5.01. The third-order valence-corrected chi connectivity index (χ3v) is 1.69. The van der Waals surface area contributed by atoms with Crippen LogP contribution in [0.2, 0.25) is 0 Å². The maximum atomic E-state index is 11.2. The van der Waals surface area contributed by atoms with Gasteiger partial charge >= 0.3 is 6.03 Å². The second-order valence-corrected chi connectivity index (χ2v) is 2.77. The van der Waals surface area contributed by atoms with Gasteiger partial charge in [0, 0.05) is 11.9 Å². The summed E-state index contributed by atoms with van der Waals surface area (Å²) in [6.07, 6.45) is 1.51. The normalized spacial score (nSPS) is 10.1. The van der Waals surface area contributed by atoms with Crippen molar-refractivity contribution in [2.75, 3.05) is 5.32 Å². The Morgan fingerprint density at radius 2 is 2.14 bits per heavy atom. The number of rotatable bonds is 2. The molecule has 74 valence electrons. The van der Waals surface area contributed by atoms with Gasteiger partial charge in [0.15, 0.2) is 0 Å². The standard InChI is InChI=1S/C10H13N3O/c1-3-11-13-10(14)12-9-7-5-4-6-8(9)2/h3-7H,1-2H3,(H2,12,13,14)/b11-3+. The summed E-state index contributed by atoms with van der Waals surface area (Å²) in [6, 6.07) is 7.22. The fourth-order valence-electron chi connectivity index (χ4n) is 0.987. The SMILES string of the molecule is C/C=N/NC(=O)Nc1ccccc1C. The number of benzene rings is 1. The van der Waals surface area contributed by atoms with Crippen molar-refractivity contribution >= 4 is 17.9 Å². The van der Waals surface area contributed by atoms with Crippen LogP contribution in [0, 0.1) is 6.92 Å². The van der Waals surface area contributed by atoms with Crippen LogP contribution >= 0.6 is 0 Å². The van der Waals surface area contributed by atoms with Gasteiger partial charge in [-0.3, -0.25) is 0 Å². The molecule has 0 unspecified atom stereocenters. The molecule has 0 saturated carbocycles. The molecular formula is C10H13N3O.